The van der Waals surface area contributed by atoms with Crippen molar-refractivity contribution in [2.75, 3.05) is 57.2 Å². The molecule has 7 heterocycles. The standard InChI is InChI=1S/C15H15N5O.C14H13N5O.C9H7ClN2.C5H7N3O.C4H4IN3.CH3O.Na/c1-10-18-13-7-5-4-6-12(13)14(19-10)20(2)15-16-8-11(21-3)9-17-15;1-9-17-12-6-4-3-5-11(12)13(18-9)19-14-15-7-10(20-2)8-16-14;1-6-11-8-5-3-2-4-7(8)9(10)12-6;1-9-4-2-7-5(6)8-3-4;5-3-1-7-4(6)8-2-3;1-2;/h4-9H,1-3H3;3-8H,1-2H3,(H,15,16,17,18,19);2-5H,1H3;2-3H,1H3,(H2,6,7,8);1-2H,(H2,6,7,8);1H3;/q;;;;;-1;+1. The van der Waals surface area contributed by atoms with E-state index in [1.807, 2.05) is 106 Å². The minimum atomic E-state index is 0. The largest absolute Gasteiger partial charge is 1.00 e. The molecule has 25 heteroatoms. The van der Waals surface area contributed by atoms with Gasteiger partial charge in [0.05, 0.1) is 75.1 Å². The number of aromatic nitrogens is 14. The molecule has 0 aliphatic rings. The molecular formula is C48H49ClIN18NaO4. The van der Waals surface area contributed by atoms with Crippen LogP contribution >= 0.6 is 34.2 Å². The van der Waals surface area contributed by atoms with Crippen molar-refractivity contribution in [3.05, 3.63) is 149 Å². The molecule has 0 bridgehead atoms. The summed E-state index contributed by atoms with van der Waals surface area (Å²) >= 11 is 8.03. The van der Waals surface area contributed by atoms with Crippen LogP contribution in [0.15, 0.2) is 122 Å². The van der Waals surface area contributed by atoms with Crippen LogP contribution in [-0.2, 0) is 0 Å². The summed E-state index contributed by atoms with van der Waals surface area (Å²) in [7, 11) is 7.35. The van der Waals surface area contributed by atoms with Gasteiger partial charge in [-0.15, -0.1) is 0 Å². The number of halogens is 2. The van der Waals surface area contributed by atoms with Gasteiger partial charge in [0.1, 0.15) is 34.3 Å². The number of hydrogen-bond acceptors (Lipinski definition) is 22. The van der Waals surface area contributed by atoms with E-state index in [2.05, 4.69) is 97.7 Å². The molecule has 22 nitrogen and oxygen atoms in total. The average molecular weight is 1130 g/mol. The zero-order chi connectivity index (χ0) is 52.0. The molecule has 0 aliphatic heterocycles. The quantitative estimate of drug-likeness (QED) is 0.114. The van der Waals surface area contributed by atoms with Gasteiger partial charge in [-0.1, -0.05) is 48.0 Å². The molecule has 0 saturated heterocycles. The minimum Gasteiger partial charge on any atom is -0.857 e. The Bertz CT molecular complexity index is 3250. The number of methoxy groups -OCH3 is 3. The van der Waals surface area contributed by atoms with Gasteiger partial charge in [-0.3, -0.25) is 4.90 Å². The Morgan fingerprint density at radius 3 is 1.40 bits per heavy atom. The molecule has 0 saturated carbocycles. The number of anilines is 6. The molecule has 0 radical (unpaired) electrons. The maximum Gasteiger partial charge on any atom is 1.00 e. The maximum atomic E-state index is 8.25. The SMILES string of the molecule is COc1cnc(N(C)c2nc(C)nc3ccccc23)nc1.COc1cnc(N)nc1.COc1cnc(Nc2nc(C)nc3ccccc23)nc1.C[O-].Cc1nc(Cl)c2ccccc2n1.Nc1ncc(I)cn1.[Na+]. The number of para-hydroxylation sites is 3. The van der Waals surface area contributed by atoms with E-state index in [9.17, 15) is 0 Å². The number of nitrogens with one attached hydrogen (secondary N) is 1. The van der Waals surface area contributed by atoms with Gasteiger partial charge in [-0.05, 0) is 79.8 Å². The number of nitrogens with zero attached hydrogens (tertiary/aromatic N) is 15. The van der Waals surface area contributed by atoms with E-state index in [0.29, 0.717) is 63.5 Å². The first-order valence-electron chi connectivity index (χ1n) is 21.2. The Hall–Kier alpha value is -7.42. The first kappa shape index (κ1) is 58.2. The van der Waals surface area contributed by atoms with Crippen molar-refractivity contribution < 1.29 is 48.9 Å². The molecule has 5 N–H and O–H groups in total. The van der Waals surface area contributed by atoms with Crippen molar-refractivity contribution >= 4 is 102 Å². The number of hydrogen-bond donors (Lipinski definition) is 3. The summed E-state index contributed by atoms with van der Waals surface area (Å²) < 4.78 is 15.9. The third-order valence-electron chi connectivity index (χ3n) is 9.16. The summed E-state index contributed by atoms with van der Waals surface area (Å²) in [4.78, 5) is 59.7. The number of ether oxygens (including phenoxy) is 3. The van der Waals surface area contributed by atoms with E-state index in [1.54, 1.807) is 58.5 Å². The van der Waals surface area contributed by atoms with Crippen molar-refractivity contribution in [1.29, 1.82) is 0 Å². The summed E-state index contributed by atoms with van der Waals surface area (Å²) in [5.74, 6) is 7.04. The van der Waals surface area contributed by atoms with Gasteiger partial charge >= 0.3 is 29.6 Å². The van der Waals surface area contributed by atoms with Crippen molar-refractivity contribution in [2.24, 2.45) is 0 Å². The smallest absolute Gasteiger partial charge is 0.857 e. The first-order valence-corrected chi connectivity index (χ1v) is 22.6. The van der Waals surface area contributed by atoms with Crippen LogP contribution < -0.4 is 70.6 Å². The molecule has 0 aliphatic carbocycles. The zero-order valence-electron chi connectivity index (χ0n) is 41.3. The van der Waals surface area contributed by atoms with Gasteiger partial charge in [0.15, 0.2) is 17.2 Å². The van der Waals surface area contributed by atoms with E-state index in [0.717, 1.165) is 49.2 Å². The molecule has 0 fully saturated rings. The van der Waals surface area contributed by atoms with Crippen LogP contribution in [0.5, 0.6) is 17.2 Å². The Kier molecular flexibility index (Phi) is 23.7. The number of rotatable bonds is 7. The van der Waals surface area contributed by atoms with Crippen molar-refractivity contribution in [3.8, 4) is 17.2 Å². The fourth-order valence-corrected chi connectivity index (χ4v) is 6.45. The second-order valence-electron chi connectivity index (χ2n) is 14.1. The molecule has 7 aromatic heterocycles. The average Bonchev–Trinajstić information content (AvgIpc) is 3.41. The summed E-state index contributed by atoms with van der Waals surface area (Å²) in [5, 5.41) is 14.7. The number of aryl methyl sites for hydroxylation is 3. The van der Waals surface area contributed by atoms with Gasteiger partial charge in [-0.2, -0.15) is 7.11 Å². The number of nitrogens with two attached hydrogens (primary N) is 2. The van der Waals surface area contributed by atoms with Crippen molar-refractivity contribution in [2.45, 2.75) is 20.8 Å². The minimum absolute atomic E-state index is 0. The number of fused-ring (bicyclic) bond motifs is 3. The van der Waals surface area contributed by atoms with E-state index >= 15 is 0 Å². The van der Waals surface area contributed by atoms with Crippen LogP contribution in [0.25, 0.3) is 32.7 Å². The van der Waals surface area contributed by atoms with Crippen molar-refractivity contribution in [3.63, 3.8) is 0 Å². The van der Waals surface area contributed by atoms with Crippen LogP contribution in [0.4, 0.5) is 35.4 Å². The summed E-state index contributed by atoms with van der Waals surface area (Å²) in [6.07, 6.45) is 12.8. The Morgan fingerprint density at radius 1 is 0.521 bits per heavy atom. The summed E-state index contributed by atoms with van der Waals surface area (Å²) in [6.45, 7) is 5.56. The molecule has 0 unspecified atom stereocenters. The molecule has 10 aromatic rings. The molecule has 73 heavy (non-hydrogen) atoms. The molecule has 10 rings (SSSR count). The Labute approximate surface area is 461 Å². The third kappa shape index (κ3) is 17.7. The van der Waals surface area contributed by atoms with Crippen LogP contribution in [0.1, 0.15) is 17.5 Å². The fraction of sp³-hybridized carbons (Fsp3) is 0.167. The summed E-state index contributed by atoms with van der Waals surface area (Å²) in [5.41, 5.74) is 13.1. The van der Waals surface area contributed by atoms with Gasteiger partial charge in [-0.25, -0.2) is 69.8 Å². The predicted molar refractivity (Wildman–Crippen MR) is 284 cm³/mol. The van der Waals surface area contributed by atoms with E-state index in [1.165, 1.54) is 12.4 Å². The van der Waals surface area contributed by atoms with Crippen molar-refractivity contribution in [1.82, 2.24) is 69.8 Å². The second kappa shape index (κ2) is 29.8. The Balaban J connectivity index is 0.000000205. The zero-order valence-corrected chi connectivity index (χ0v) is 46.2. The van der Waals surface area contributed by atoms with Crippen LogP contribution in [-0.4, -0.2) is 105 Å². The van der Waals surface area contributed by atoms with Gasteiger partial charge in [0.25, 0.3) is 0 Å². The molecular weight excluding hydrogens is 1080 g/mol. The van der Waals surface area contributed by atoms with Crippen LogP contribution in [0.3, 0.4) is 0 Å². The monoisotopic (exact) mass is 1130 g/mol. The van der Waals surface area contributed by atoms with Crippen LogP contribution in [0.2, 0.25) is 5.15 Å². The normalized spacial score (nSPS) is 9.85. The second-order valence-corrected chi connectivity index (χ2v) is 15.7. The topological polar surface area (TPSA) is 299 Å². The molecule has 0 spiro atoms. The number of benzene rings is 3. The van der Waals surface area contributed by atoms with Crippen LogP contribution in [0, 0.1) is 24.3 Å². The Morgan fingerprint density at radius 2 is 0.904 bits per heavy atom. The number of nitrogen functional groups attached to an aromatic ring is 2. The first-order chi connectivity index (χ1) is 34.8. The van der Waals surface area contributed by atoms with E-state index < -0.39 is 0 Å². The van der Waals surface area contributed by atoms with Gasteiger partial charge in [0.2, 0.25) is 23.8 Å². The van der Waals surface area contributed by atoms with Gasteiger partial charge < -0.3 is 36.1 Å². The fourth-order valence-electron chi connectivity index (χ4n) is 5.89. The molecule has 0 atom stereocenters. The molecule has 370 valence electrons. The summed E-state index contributed by atoms with van der Waals surface area (Å²) in [6, 6.07) is 23.4. The van der Waals surface area contributed by atoms with E-state index in [4.69, 9.17) is 42.4 Å². The third-order valence-corrected chi connectivity index (χ3v) is 10.0. The molecule has 3 aromatic carbocycles. The predicted octanol–water partition coefficient (Wildman–Crippen LogP) is 4.29. The van der Waals surface area contributed by atoms with E-state index in [-0.39, 0.29) is 35.5 Å². The van der Waals surface area contributed by atoms with Gasteiger partial charge in [0, 0.05) is 39.2 Å². The maximum absolute atomic E-state index is 8.25. The molecule has 0 amide bonds.